The van der Waals surface area contributed by atoms with Crippen molar-refractivity contribution in [3.63, 3.8) is 0 Å². The Kier molecular flexibility index (Phi) is 3.14. The molecule has 1 N–H and O–H groups in total. The fourth-order valence-corrected chi connectivity index (χ4v) is 3.38. The van der Waals surface area contributed by atoms with Crippen LogP contribution in [0.25, 0.3) is 27.1 Å². The molecule has 4 rings (SSSR count). The Labute approximate surface area is 138 Å². The van der Waals surface area contributed by atoms with Crippen LogP contribution in [0.15, 0.2) is 24.3 Å². The summed E-state index contributed by atoms with van der Waals surface area (Å²) in [5.74, 6) is 0.575. The molecule has 0 atom stereocenters. The highest BCUT2D eigenvalue weighted by Gasteiger charge is 2.17. The minimum atomic E-state index is 0.506. The second kappa shape index (κ2) is 5.05. The zero-order valence-electron chi connectivity index (χ0n) is 11.2. The number of fused-ring (bicyclic) bond motifs is 1. The van der Waals surface area contributed by atoms with E-state index in [1.807, 2.05) is 13.0 Å². The molecule has 4 aromatic rings. The van der Waals surface area contributed by atoms with E-state index in [0.29, 0.717) is 20.8 Å². The molecule has 0 aliphatic rings. The quantitative estimate of drug-likeness (QED) is 0.595. The van der Waals surface area contributed by atoms with Crippen molar-refractivity contribution in [2.45, 2.75) is 6.92 Å². The van der Waals surface area contributed by atoms with E-state index in [1.165, 1.54) is 11.3 Å². The predicted molar refractivity (Wildman–Crippen MR) is 86.4 cm³/mol. The second-order valence-corrected chi connectivity index (χ2v) is 6.49. The third-order valence-corrected chi connectivity index (χ3v) is 4.56. The SMILES string of the molecule is Cc1cc(-c2nn3c(-c4ccc(Cl)cc4Cl)nnc3s2)n[nH]1. The molecule has 0 bridgehead atoms. The highest BCUT2D eigenvalue weighted by Crippen LogP contribution is 2.31. The maximum absolute atomic E-state index is 6.24. The molecule has 0 saturated heterocycles. The number of aromatic amines is 1. The van der Waals surface area contributed by atoms with Gasteiger partial charge in [-0.15, -0.1) is 10.2 Å². The van der Waals surface area contributed by atoms with Crippen LogP contribution in [-0.4, -0.2) is 30.0 Å². The third kappa shape index (κ3) is 2.18. The van der Waals surface area contributed by atoms with Crippen molar-refractivity contribution in [3.05, 3.63) is 40.0 Å². The van der Waals surface area contributed by atoms with Gasteiger partial charge in [-0.2, -0.15) is 14.7 Å². The van der Waals surface area contributed by atoms with E-state index in [2.05, 4.69) is 25.5 Å². The van der Waals surface area contributed by atoms with Gasteiger partial charge >= 0.3 is 0 Å². The van der Waals surface area contributed by atoms with Crippen LogP contribution in [-0.2, 0) is 0 Å². The molecule has 0 fully saturated rings. The van der Waals surface area contributed by atoms with E-state index >= 15 is 0 Å². The first-order valence-corrected chi connectivity index (χ1v) is 7.89. The van der Waals surface area contributed by atoms with Gasteiger partial charge in [-0.3, -0.25) is 5.10 Å². The van der Waals surface area contributed by atoms with Gasteiger partial charge in [0.05, 0.1) is 5.02 Å². The highest BCUT2D eigenvalue weighted by molar-refractivity contribution is 7.19. The van der Waals surface area contributed by atoms with Crippen molar-refractivity contribution in [3.8, 4) is 22.1 Å². The second-order valence-electron chi connectivity index (χ2n) is 4.69. The molecule has 110 valence electrons. The standard InChI is InChI=1S/C13H8Cl2N6S/c1-6-4-10(17-16-6)12-20-21-11(18-19-13(21)22-12)8-3-2-7(14)5-9(8)15/h2-5H,1H3,(H,16,17). The van der Waals surface area contributed by atoms with Crippen molar-refractivity contribution < 1.29 is 0 Å². The Morgan fingerprint density at radius 3 is 2.77 bits per heavy atom. The van der Waals surface area contributed by atoms with Crippen LogP contribution in [0.1, 0.15) is 5.69 Å². The van der Waals surface area contributed by atoms with Gasteiger partial charge < -0.3 is 0 Å². The number of nitrogens with one attached hydrogen (secondary N) is 1. The largest absolute Gasteiger partial charge is 0.282 e. The van der Waals surface area contributed by atoms with E-state index in [1.54, 1.807) is 22.7 Å². The molecular weight excluding hydrogens is 343 g/mol. The first-order valence-electron chi connectivity index (χ1n) is 6.32. The van der Waals surface area contributed by atoms with Gasteiger partial charge in [0.25, 0.3) is 0 Å². The number of hydrogen-bond acceptors (Lipinski definition) is 5. The molecule has 0 radical (unpaired) electrons. The summed E-state index contributed by atoms with van der Waals surface area (Å²) in [5.41, 5.74) is 2.48. The molecule has 3 aromatic heterocycles. The number of aryl methyl sites for hydroxylation is 1. The lowest BCUT2D eigenvalue weighted by Gasteiger charge is -2.00. The van der Waals surface area contributed by atoms with Crippen molar-refractivity contribution in [2.75, 3.05) is 0 Å². The summed E-state index contributed by atoms with van der Waals surface area (Å²) in [6.07, 6.45) is 0. The normalized spacial score (nSPS) is 11.4. The maximum Gasteiger partial charge on any atom is 0.235 e. The van der Waals surface area contributed by atoms with Crippen LogP contribution in [0.2, 0.25) is 10.0 Å². The van der Waals surface area contributed by atoms with Gasteiger partial charge in [-0.25, -0.2) is 0 Å². The monoisotopic (exact) mass is 350 g/mol. The van der Waals surface area contributed by atoms with Gasteiger partial charge in [0.2, 0.25) is 4.96 Å². The highest BCUT2D eigenvalue weighted by atomic mass is 35.5. The van der Waals surface area contributed by atoms with E-state index in [-0.39, 0.29) is 0 Å². The lowest BCUT2D eigenvalue weighted by Crippen LogP contribution is -1.92. The number of nitrogens with zero attached hydrogens (tertiary/aromatic N) is 5. The van der Waals surface area contributed by atoms with Gasteiger partial charge in [0.1, 0.15) is 5.69 Å². The summed E-state index contributed by atoms with van der Waals surface area (Å²) in [6.45, 7) is 1.94. The van der Waals surface area contributed by atoms with Gasteiger partial charge in [0, 0.05) is 16.3 Å². The topological polar surface area (TPSA) is 71.8 Å². The zero-order chi connectivity index (χ0) is 15.3. The molecule has 0 amide bonds. The van der Waals surface area contributed by atoms with E-state index in [0.717, 1.165) is 22.0 Å². The molecule has 0 unspecified atom stereocenters. The average molecular weight is 351 g/mol. The Balaban J connectivity index is 1.87. The summed E-state index contributed by atoms with van der Waals surface area (Å²) < 4.78 is 1.67. The molecule has 0 aliphatic heterocycles. The van der Waals surface area contributed by atoms with Gasteiger partial charge in [0.15, 0.2) is 10.8 Å². The van der Waals surface area contributed by atoms with E-state index < -0.39 is 0 Å². The Morgan fingerprint density at radius 2 is 2.05 bits per heavy atom. The molecule has 9 heteroatoms. The summed E-state index contributed by atoms with van der Waals surface area (Å²) >= 11 is 13.6. The minimum Gasteiger partial charge on any atom is -0.282 e. The molecule has 6 nitrogen and oxygen atoms in total. The average Bonchev–Trinajstić information content (AvgIpc) is 3.14. The van der Waals surface area contributed by atoms with Crippen LogP contribution in [0.5, 0.6) is 0 Å². The predicted octanol–water partition coefficient (Wildman–Crippen LogP) is 3.86. The van der Waals surface area contributed by atoms with Crippen LogP contribution in [0, 0.1) is 6.92 Å². The number of halogens is 2. The molecule has 22 heavy (non-hydrogen) atoms. The van der Waals surface area contributed by atoms with Crippen molar-refractivity contribution >= 4 is 39.5 Å². The molecule has 3 heterocycles. The third-order valence-electron chi connectivity index (χ3n) is 3.09. The van der Waals surface area contributed by atoms with Crippen molar-refractivity contribution in [2.24, 2.45) is 0 Å². The summed E-state index contributed by atoms with van der Waals surface area (Å²) in [6, 6.07) is 7.16. The van der Waals surface area contributed by atoms with Crippen LogP contribution >= 0.6 is 34.5 Å². The fraction of sp³-hybridized carbons (Fsp3) is 0.0769. The lowest BCUT2D eigenvalue weighted by atomic mass is 10.2. The van der Waals surface area contributed by atoms with Crippen LogP contribution < -0.4 is 0 Å². The first-order chi connectivity index (χ1) is 10.6. The number of H-pyrrole nitrogens is 1. The van der Waals surface area contributed by atoms with Crippen molar-refractivity contribution in [1.82, 2.24) is 30.0 Å². The summed E-state index contributed by atoms with van der Waals surface area (Å²) in [5, 5.41) is 21.8. The molecular formula is C13H8Cl2N6S. The lowest BCUT2D eigenvalue weighted by molar-refractivity contribution is 0.962. The number of hydrogen-bond donors (Lipinski definition) is 1. The molecule has 1 aromatic carbocycles. The number of benzene rings is 1. The van der Waals surface area contributed by atoms with Crippen LogP contribution in [0.3, 0.4) is 0 Å². The van der Waals surface area contributed by atoms with E-state index in [4.69, 9.17) is 23.2 Å². The summed E-state index contributed by atoms with van der Waals surface area (Å²) in [7, 11) is 0. The Hall–Kier alpha value is -1.96. The first kappa shape index (κ1) is 13.7. The smallest absolute Gasteiger partial charge is 0.235 e. The minimum absolute atomic E-state index is 0.506. The molecule has 0 saturated carbocycles. The van der Waals surface area contributed by atoms with Crippen LogP contribution in [0.4, 0.5) is 0 Å². The number of aromatic nitrogens is 6. The Morgan fingerprint density at radius 1 is 1.18 bits per heavy atom. The maximum atomic E-state index is 6.24. The summed E-state index contributed by atoms with van der Waals surface area (Å²) in [4.78, 5) is 0.677. The van der Waals surface area contributed by atoms with E-state index in [9.17, 15) is 0 Å². The zero-order valence-corrected chi connectivity index (χ0v) is 13.5. The molecule has 0 aliphatic carbocycles. The van der Waals surface area contributed by atoms with Crippen molar-refractivity contribution in [1.29, 1.82) is 0 Å². The van der Waals surface area contributed by atoms with Gasteiger partial charge in [-0.1, -0.05) is 34.5 Å². The number of rotatable bonds is 2. The van der Waals surface area contributed by atoms with Gasteiger partial charge in [-0.05, 0) is 31.2 Å². The molecule has 0 spiro atoms. The fourth-order valence-electron chi connectivity index (χ4n) is 2.09. The Bertz CT molecular complexity index is 986.